The molecule has 0 radical (unpaired) electrons. The van der Waals surface area contributed by atoms with E-state index < -0.39 is 18.2 Å². The van der Waals surface area contributed by atoms with Crippen LogP contribution in [0.3, 0.4) is 0 Å². The summed E-state index contributed by atoms with van der Waals surface area (Å²) in [5.74, 6) is -2.31. The molecule has 0 amide bonds. The van der Waals surface area contributed by atoms with Crippen molar-refractivity contribution in [1.82, 2.24) is 0 Å². The van der Waals surface area contributed by atoms with E-state index in [1.807, 2.05) is 0 Å². The van der Waals surface area contributed by atoms with Gasteiger partial charge in [0.15, 0.2) is 6.29 Å². The second kappa shape index (κ2) is 5.09. The summed E-state index contributed by atoms with van der Waals surface area (Å²) in [5, 5.41) is 24.4. The molecule has 0 heterocycles. The zero-order valence-electron chi connectivity index (χ0n) is 5.11. The predicted octanol–water partition coefficient (Wildman–Crippen LogP) is -2.17. The normalized spacial score (nSPS) is 12.4. The van der Waals surface area contributed by atoms with E-state index in [2.05, 4.69) is 0 Å². The van der Waals surface area contributed by atoms with Gasteiger partial charge in [-0.2, -0.15) is 0 Å². The maximum atomic E-state index is 9.82. The molecule has 0 saturated carbocycles. The molecule has 0 fully saturated rings. The second-order valence-electron chi connectivity index (χ2n) is 1.54. The average molecular weight is 332 g/mol. The fourth-order valence-electron chi connectivity index (χ4n) is 0.128. The Kier molecular flexibility index (Phi) is 6.78. The van der Waals surface area contributed by atoms with Crippen molar-refractivity contribution in [2.45, 2.75) is 13.2 Å². The van der Waals surface area contributed by atoms with Gasteiger partial charge in [0.05, 0.1) is 0 Å². The van der Waals surface area contributed by atoms with Crippen LogP contribution in [-0.2, 0) is 4.79 Å². The third-order valence-corrected chi connectivity index (χ3v) is 0.837. The maximum absolute atomic E-state index is 9.82. The Hall–Kier alpha value is 0.273. The first-order chi connectivity index (χ1) is 3.55. The van der Waals surface area contributed by atoms with Crippen LogP contribution in [-0.4, -0.2) is 53.8 Å². The predicted molar refractivity (Wildman–Crippen MR) is 35.0 cm³/mol. The molecule has 0 saturated heterocycles. The van der Waals surface area contributed by atoms with E-state index in [1.54, 1.807) is 0 Å². The molecule has 9 heavy (non-hydrogen) atoms. The Morgan fingerprint density at radius 3 is 1.78 bits per heavy atom. The van der Waals surface area contributed by atoms with Crippen LogP contribution in [0.1, 0.15) is 6.92 Å². The Morgan fingerprint density at radius 1 is 1.44 bits per heavy atom. The van der Waals surface area contributed by atoms with Crippen molar-refractivity contribution in [3.63, 3.8) is 0 Å². The van der Waals surface area contributed by atoms with Gasteiger partial charge in [-0.25, -0.2) is 0 Å². The number of carbonyl (C=O) groups is 1. The number of hydrogen-bond acceptors (Lipinski definition) is 3. The summed E-state index contributed by atoms with van der Waals surface area (Å²) in [6.45, 7) is 1.22. The molecule has 0 aliphatic rings. The van der Waals surface area contributed by atoms with Crippen molar-refractivity contribution >= 4 is 32.2 Å². The number of aliphatic hydroxyl groups is 2. The number of rotatable bonds is 2. The van der Waals surface area contributed by atoms with Crippen LogP contribution < -0.4 is 0 Å². The van der Waals surface area contributed by atoms with Gasteiger partial charge in [-0.15, -0.1) is 0 Å². The summed E-state index contributed by atoms with van der Waals surface area (Å²) in [6.07, 6.45) is -1.76. The molecule has 0 aliphatic carbocycles. The summed E-state index contributed by atoms with van der Waals surface area (Å²) >= 11 is 0. The molecule has 0 aromatic rings. The van der Waals surface area contributed by atoms with Crippen molar-refractivity contribution in [1.29, 1.82) is 0 Å². The van der Waals surface area contributed by atoms with Crippen LogP contribution in [0.2, 0.25) is 0 Å². The first-order valence-electron chi connectivity index (χ1n) is 2.14. The zero-order chi connectivity index (χ0) is 6.73. The van der Waals surface area contributed by atoms with Crippen LogP contribution in [0.5, 0.6) is 0 Å². The van der Waals surface area contributed by atoms with E-state index >= 15 is 0 Å². The Bertz CT molecular complexity index is 92.6. The second-order valence-corrected chi connectivity index (χ2v) is 1.54. The van der Waals surface area contributed by atoms with Gasteiger partial charge in [0.1, 0.15) is 5.92 Å². The summed E-state index contributed by atoms with van der Waals surface area (Å²) < 4.78 is 0. The van der Waals surface area contributed by atoms with Crippen molar-refractivity contribution in [3.8, 4) is 0 Å². The van der Waals surface area contributed by atoms with Crippen molar-refractivity contribution in [2.75, 3.05) is 0 Å². The van der Waals surface area contributed by atoms with Crippen molar-refractivity contribution in [2.24, 2.45) is 5.92 Å². The third kappa shape index (κ3) is 4.76. The fraction of sp³-hybridized carbons (Fsp3) is 0.750. The molecule has 0 aromatic heterocycles. The van der Waals surface area contributed by atoms with Crippen LogP contribution in [0.25, 0.3) is 0 Å². The third-order valence-electron chi connectivity index (χ3n) is 0.837. The molecule has 1 unspecified atom stereocenters. The van der Waals surface area contributed by atoms with E-state index in [1.165, 1.54) is 6.92 Å². The molecule has 0 bridgehead atoms. The van der Waals surface area contributed by atoms with E-state index in [0.717, 1.165) is 0 Å². The van der Waals surface area contributed by atoms with Gasteiger partial charge >= 0.3 is 32.2 Å². The summed E-state index contributed by atoms with van der Waals surface area (Å²) in [4.78, 5) is 9.82. The van der Waals surface area contributed by atoms with Gasteiger partial charge in [0.25, 0.3) is 0 Å². The molecule has 0 aliphatic heterocycles. The van der Waals surface area contributed by atoms with E-state index in [4.69, 9.17) is 15.3 Å². The van der Waals surface area contributed by atoms with E-state index in [9.17, 15) is 4.79 Å². The number of hydrogen-bond donors (Lipinski definition) is 3. The van der Waals surface area contributed by atoms with Gasteiger partial charge in [-0.3, -0.25) is 4.79 Å². The van der Waals surface area contributed by atoms with Gasteiger partial charge in [0.2, 0.25) is 0 Å². The first kappa shape index (κ1) is 12.0. The summed E-state index contributed by atoms with van der Waals surface area (Å²) in [7, 11) is 0. The molecule has 0 spiro atoms. The molecule has 3 N–H and O–H groups in total. The molecular formula is C4H11BiO4. The summed E-state index contributed by atoms with van der Waals surface area (Å²) in [5.41, 5.74) is 0. The number of carboxylic acids is 1. The van der Waals surface area contributed by atoms with Gasteiger partial charge in [-0.05, 0) is 6.92 Å². The molecule has 1 atom stereocenters. The Morgan fingerprint density at radius 2 is 1.78 bits per heavy atom. The molecular weight excluding hydrogens is 321 g/mol. The van der Waals surface area contributed by atoms with Crippen LogP contribution in [0.15, 0.2) is 0 Å². The molecule has 56 valence electrons. The number of aliphatic carboxylic acids is 1. The number of carboxylic acid groups (broad SMARTS) is 1. The minimum atomic E-state index is -1.76. The van der Waals surface area contributed by atoms with Crippen LogP contribution in [0, 0.1) is 5.92 Å². The average Bonchev–Trinajstić information content (AvgIpc) is 1.64. The molecule has 5 heteroatoms. The van der Waals surface area contributed by atoms with Gasteiger partial charge in [-0.1, -0.05) is 0 Å². The van der Waals surface area contributed by atoms with Gasteiger partial charge in [0, 0.05) is 0 Å². The minimum absolute atomic E-state index is 0. The SMILES string of the molecule is CC(C(=O)O)C(O)O.[BiH3]. The summed E-state index contributed by atoms with van der Waals surface area (Å²) in [6, 6.07) is 0. The topological polar surface area (TPSA) is 77.8 Å². The monoisotopic (exact) mass is 332 g/mol. The van der Waals surface area contributed by atoms with Crippen LogP contribution in [0.4, 0.5) is 0 Å². The quantitative estimate of drug-likeness (QED) is 0.398. The van der Waals surface area contributed by atoms with E-state index in [0.29, 0.717) is 0 Å². The first-order valence-corrected chi connectivity index (χ1v) is 2.14. The Balaban J connectivity index is 0. The van der Waals surface area contributed by atoms with Crippen LogP contribution >= 0.6 is 0 Å². The standard InChI is InChI=1S/C4H8O4.Bi.3H/c1-2(3(5)6)4(7)8;;;;/h2-3,5-6H,1H3,(H,7,8);;;;. The zero-order valence-corrected chi connectivity index (χ0v) is 10.6. The fourth-order valence-corrected chi connectivity index (χ4v) is 0.128. The van der Waals surface area contributed by atoms with E-state index in [-0.39, 0.29) is 26.2 Å². The molecule has 0 aromatic carbocycles. The molecule has 4 nitrogen and oxygen atoms in total. The van der Waals surface area contributed by atoms with Crippen molar-refractivity contribution < 1.29 is 20.1 Å². The van der Waals surface area contributed by atoms with Crippen molar-refractivity contribution in [3.05, 3.63) is 0 Å². The number of aliphatic hydroxyl groups excluding tert-OH is 1. The molecule has 0 rings (SSSR count). The van der Waals surface area contributed by atoms with Gasteiger partial charge < -0.3 is 15.3 Å². The Labute approximate surface area is 71.6 Å².